The molecule has 3 heterocycles. The fourth-order valence-corrected chi connectivity index (χ4v) is 2.22. The molecule has 0 saturated carbocycles. The Morgan fingerprint density at radius 1 is 1.44 bits per heavy atom. The van der Waals surface area contributed by atoms with Crippen molar-refractivity contribution in [1.82, 2.24) is 19.9 Å². The highest BCUT2D eigenvalue weighted by Gasteiger charge is 2.13. The molecule has 6 nitrogen and oxygen atoms in total. The van der Waals surface area contributed by atoms with Gasteiger partial charge in [-0.2, -0.15) is 15.3 Å². The van der Waals surface area contributed by atoms with E-state index in [2.05, 4.69) is 21.3 Å². The molecule has 0 fully saturated rings. The van der Waals surface area contributed by atoms with Gasteiger partial charge in [-0.15, -0.1) is 11.3 Å². The molecule has 7 heteroatoms. The van der Waals surface area contributed by atoms with Crippen LogP contribution in [0.3, 0.4) is 0 Å². The van der Waals surface area contributed by atoms with Crippen molar-refractivity contribution in [2.45, 2.75) is 0 Å². The van der Waals surface area contributed by atoms with E-state index in [1.165, 1.54) is 11.3 Å². The lowest BCUT2D eigenvalue weighted by Gasteiger charge is -1.84. The second-order valence-corrected chi connectivity index (χ2v) is 4.69. The molecule has 0 amide bonds. The summed E-state index contributed by atoms with van der Waals surface area (Å²) in [6.07, 6.45) is 3.48. The summed E-state index contributed by atoms with van der Waals surface area (Å²) in [6.45, 7) is 0. The van der Waals surface area contributed by atoms with Crippen LogP contribution >= 0.6 is 11.3 Å². The van der Waals surface area contributed by atoms with Crippen LogP contribution in [-0.2, 0) is 7.05 Å². The van der Waals surface area contributed by atoms with Crippen molar-refractivity contribution in [3.05, 3.63) is 29.4 Å². The van der Waals surface area contributed by atoms with Gasteiger partial charge in [-0.1, -0.05) is 5.16 Å². The highest BCUT2D eigenvalue weighted by Crippen LogP contribution is 2.27. The molecule has 0 aromatic carbocycles. The molecule has 0 radical (unpaired) electrons. The van der Waals surface area contributed by atoms with Crippen LogP contribution < -0.4 is 0 Å². The molecule has 0 aliphatic rings. The predicted molar refractivity (Wildman–Crippen MR) is 64.5 cm³/mol. The molecule has 3 aromatic heterocycles. The lowest BCUT2D eigenvalue weighted by atomic mass is 10.3. The summed E-state index contributed by atoms with van der Waals surface area (Å²) in [5.41, 5.74) is 0.796. The molecule has 0 aliphatic heterocycles. The SMILES string of the molecule is Cn1cc(-c2noc(-c3ccc(C#N)s3)n2)cn1. The van der Waals surface area contributed by atoms with E-state index < -0.39 is 0 Å². The highest BCUT2D eigenvalue weighted by atomic mass is 32.1. The predicted octanol–water partition coefficient (Wildman–Crippen LogP) is 2.07. The minimum Gasteiger partial charge on any atom is -0.333 e. The lowest BCUT2D eigenvalue weighted by molar-refractivity contribution is 0.433. The number of hydrogen-bond acceptors (Lipinski definition) is 6. The number of aryl methyl sites for hydroxylation is 1. The maximum Gasteiger partial charge on any atom is 0.268 e. The average Bonchev–Trinajstić information content (AvgIpc) is 3.07. The van der Waals surface area contributed by atoms with E-state index in [1.807, 2.05) is 13.2 Å². The first-order valence-electron chi connectivity index (χ1n) is 5.09. The van der Waals surface area contributed by atoms with E-state index >= 15 is 0 Å². The van der Waals surface area contributed by atoms with E-state index in [4.69, 9.17) is 9.78 Å². The van der Waals surface area contributed by atoms with Gasteiger partial charge in [0.2, 0.25) is 5.82 Å². The van der Waals surface area contributed by atoms with Crippen molar-refractivity contribution in [1.29, 1.82) is 5.26 Å². The van der Waals surface area contributed by atoms with Gasteiger partial charge in [0, 0.05) is 13.2 Å². The van der Waals surface area contributed by atoms with Crippen LogP contribution in [0.25, 0.3) is 22.2 Å². The van der Waals surface area contributed by atoms with Crippen LogP contribution in [0.4, 0.5) is 0 Å². The zero-order valence-corrected chi connectivity index (χ0v) is 10.2. The number of nitriles is 1. The Kier molecular flexibility index (Phi) is 2.42. The van der Waals surface area contributed by atoms with Crippen molar-refractivity contribution in [3.63, 3.8) is 0 Å². The third-order valence-corrected chi connectivity index (χ3v) is 3.29. The molecule has 0 atom stereocenters. The van der Waals surface area contributed by atoms with Crippen molar-refractivity contribution in [2.24, 2.45) is 7.05 Å². The molecule has 3 aromatic rings. The van der Waals surface area contributed by atoms with Crippen LogP contribution in [0.1, 0.15) is 4.88 Å². The number of thiophene rings is 1. The second kappa shape index (κ2) is 4.09. The first kappa shape index (κ1) is 10.7. The minimum absolute atomic E-state index is 0.417. The Hall–Kier alpha value is -2.46. The van der Waals surface area contributed by atoms with Crippen molar-refractivity contribution >= 4 is 11.3 Å². The largest absolute Gasteiger partial charge is 0.333 e. The Morgan fingerprint density at radius 2 is 2.33 bits per heavy atom. The fraction of sp³-hybridized carbons (Fsp3) is 0.0909. The zero-order chi connectivity index (χ0) is 12.5. The normalized spacial score (nSPS) is 10.4. The van der Waals surface area contributed by atoms with Gasteiger partial charge in [0.25, 0.3) is 5.89 Å². The van der Waals surface area contributed by atoms with Gasteiger partial charge in [0.05, 0.1) is 16.6 Å². The summed E-state index contributed by atoms with van der Waals surface area (Å²) >= 11 is 1.32. The zero-order valence-electron chi connectivity index (χ0n) is 9.36. The molecular weight excluding hydrogens is 250 g/mol. The molecule has 0 spiro atoms. The van der Waals surface area contributed by atoms with Crippen LogP contribution in [0.2, 0.25) is 0 Å². The van der Waals surface area contributed by atoms with Gasteiger partial charge in [0.1, 0.15) is 10.9 Å². The molecule has 88 valence electrons. The summed E-state index contributed by atoms with van der Waals surface area (Å²) in [6, 6.07) is 5.60. The van der Waals surface area contributed by atoms with E-state index in [1.54, 1.807) is 23.0 Å². The average molecular weight is 257 g/mol. The molecule has 0 saturated heterocycles. The quantitative estimate of drug-likeness (QED) is 0.702. The maximum atomic E-state index is 8.77. The Balaban J connectivity index is 1.96. The number of hydrogen-bond donors (Lipinski definition) is 0. The second-order valence-electron chi connectivity index (χ2n) is 3.60. The van der Waals surface area contributed by atoms with Gasteiger partial charge < -0.3 is 4.52 Å². The standard InChI is InChI=1S/C11H7N5OS/c1-16-6-7(5-13-16)10-14-11(17-15-10)9-3-2-8(4-12)18-9/h2-3,5-6H,1H3. The van der Waals surface area contributed by atoms with Crippen LogP contribution in [0, 0.1) is 11.3 Å². The third kappa shape index (κ3) is 1.78. The summed E-state index contributed by atoms with van der Waals surface area (Å²) in [7, 11) is 1.82. The Morgan fingerprint density at radius 3 is 3.00 bits per heavy atom. The molecule has 0 N–H and O–H groups in total. The first-order chi connectivity index (χ1) is 8.76. The maximum absolute atomic E-state index is 8.77. The fourth-order valence-electron chi connectivity index (χ4n) is 1.49. The Labute approximate surface area is 106 Å². The number of aromatic nitrogens is 4. The Bertz CT molecular complexity index is 733. The first-order valence-corrected chi connectivity index (χ1v) is 5.91. The van der Waals surface area contributed by atoms with E-state index in [9.17, 15) is 0 Å². The molecule has 0 aliphatic carbocycles. The smallest absolute Gasteiger partial charge is 0.268 e. The summed E-state index contributed by atoms with van der Waals surface area (Å²) in [4.78, 5) is 5.68. The molecular formula is C11H7N5OS. The van der Waals surface area contributed by atoms with Crippen molar-refractivity contribution in [2.75, 3.05) is 0 Å². The molecule has 3 rings (SSSR count). The number of nitrogens with zero attached hydrogens (tertiary/aromatic N) is 5. The summed E-state index contributed by atoms with van der Waals surface area (Å²) < 4.78 is 6.85. The minimum atomic E-state index is 0.417. The van der Waals surface area contributed by atoms with Gasteiger partial charge >= 0.3 is 0 Å². The van der Waals surface area contributed by atoms with Gasteiger partial charge in [-0.25, -0.2) is 0 Å². The van der Waals surface area contributed by atoms with Crippen LogP contribution in [0.15, 0.2) is 29.0 Å². The van der Waals surface area contributed by atoms with Gasteiger partial charge in [-0.3, -0.25) is 4.68 Å². The summed E-state index contributed by atoms with van der Waals surface area (Å²) in [5, 5.41) is 16.7. The van der Waals surface area contributed by atoms with Crippen molar-refractivity contribution in [3.8, 4) is 28.2 Å². The monoisotopic (exact) mass is 257 g/mol. The summed E-state index contributed by atoms with van der Waals surface area (Å²) in [5.74, 6) is 0.908. The molecule has 18 heavy (non-hydrogen) atoms. The molecule has 0 bridgehead atoms. The van der Waals surface area contributed by atoms with Gasteiger partial charge in [0.15, 0.2) is 0 Å². The van der Waals surface area contributed by atoms with E-state index in [0.717, 1.165) is 10.4 Å². The lowest BCUT2D eigenvalue weighted by Crippen LogP contribution is -1.84. The van der Waals surface area contributed by atoms with Crippen LogP contribution in [0.5, 0.6) is 0 Å². The van der Waals surface area contributed by atoms with E-state index in [-0.39, 0.29) is 0 Å². The van der Waals surface area contributed by atoms with Crippen molar-refractivity contribution < 1.29 is 4.52 Å². The highest BCUT2D eigenvalue weighted by molar-refractivity contribution is 7.15. The van der Waals surface area contributed by atoms with Gasteiger partial charge in [-0.05, 0) is 12.1 Å². The van der Waals surface area contributed by atoms with Crippen LogP contribution in [-0.4, -0.2) is 19.9 Å². The number of rotatable bonds is 2. The van der Waals surface area contributed by atoms with E-state index in [0.29, 0.717) is 16.6 Å². The topological polar surface area (TPSA) is 80.5 Å². The third-order valence-electron chi connectivity index (χ3n) is 2.32. The molecule has 0 unspecified atom stereocenters.